The second-order valence-corrected chi connectivity index (χ2v) is 3.18. The van der Waals surface area contributed by atoms with Crippen molar-refractivity contribution in [2.45, 2.75) is 12.2 Å². The van der Waals surface area contributed by atoms with Crippen LogP contribution >= 0.6 is 0 Å². The summed E-state index contributed by atoms with van der Waals surface area (Å²) >= 11 is 0. The lowest BCUT2D eigenvalue weighted by Gasteiger charge is -2.05. The molecule has 0 aromatic heterocycles. The summed E-state index contributed by atoms with van der Waals surface area (Å²) in [6.45, 7) is 0. The molecule has 0 bridgehead atoms. The van der Waals surface area contributed by atoms with Gasteiger partial charge in [0, 0.05) is 11.5 Å². The summed E-state index contributed by atoms with van der Waals surface area (Å²) in [4.78, 5) is 10.5. The standard InChI is InChI=1S/C9H12BNO2/c10-8(9(12)13)5-6-1-3-7(11)4-2-6/h1-4,8H,5,10-11H2,(H,12,13)/t8-/m1/s1. The zero-order valence-electron chi connectivity index (χ0n) is 7.53. The molecule has 4 heteroatoms. The van der Waals surface area contributed by atoms with Crippen LogP contribution in [0.15, 0.2) is 24.3 Å². The summed E-state index contributed by atoms with van der Waals surface area (Å²) in [5, 5.41) is 8.67. The summed E-state index contributed by atoms with van der Waals surface area (Å²) in [6.07, 6.45) is 0.551. The number of hydrogen-bond acceptors (Lipinski definition) is 2. The molecule has 1 aromatic carbocycles. The van der Waals surface area contributed by atoms with Crippen LogP contribution in [0.5, 0.6) is 0 Å². The molecule has 0 aliphatic carbocycles. The fourth-order valence-electron chi connectivity index (χ4n) is 1.09. The number of rotatable bonds is 3. The predicted octanol–water partition coefficient (Wildman–Crippen LogP) is 0.317. The molecular weight excluding hydrogens is 165 g/mol. The monoisotopic (exact) mass is 177 g/mol. The van der Waals surface area contributed by atoms with Gasteiger partial charge in [0.25, 0.3) is 5.97 Å². The van der Waals surface area contributed by atoms with E-state index in [4.69, 9.17) is 10.8 Å². The van der Waals surface area contributed by atoms with Crippen molar-refractivity contribution < 1.29 is 9.90 Å². The maximum Gasteiger partial charge on any atom is 0.298 e. The van der Waals surface area contributed by atoms with Crippen LogP contribution in [-0.2, 0) is 11.2 Å². The summed E-state index contributed by atoms with van der Waals surface area (Å²) in [7, 11) is 1.69. The van der Waals surface area contributed by atoms with E-state index in [-0.39, 0.29) is 5.82 Å². The number of nitrogens with two attached hydrogens (primary N) is 1. The summed E-state index contributed by atoms with van der Waals surface area (Å²) in [6, 6.07) is 7.28. The lowest BCUT2D eigenvalue weighted by atomic mass is 9.82. The third-order valence-electron chi connectivity index (χ3n) is 1.94. The smallest absolute Gasteiger partial charge is 0.298 e. The normalized spacial score (nSPS) is 12.3. The topological polar surface area (TPSA) is 63.3 Å². The van der Waals surface area contributed by atoms with E-state index < -0.39 is 5.97 Å². The third-order valence-corrected chi connectivity index (χ3v) is 1.94. The number of aliphatic carboxylic acids is 1. The Hall–Kier alpha value is -1.45. The first-order valence-corrected chi connectivity index (χ1v) is 4.17. The van der Waals surface area contributed by atoms with Crippen molar-refractivity contribution in [1.82, 2.24) is 0 Å². The van der Waals surface area contributed by atoms with Crippen LogP contribution in [-0.4, -0.2) is 18.9 Å². The first-order valence-electron chi connectivity index (χ1n) is 4.17. The van der Waals surface area contributed by atoms with E-state index in [1.54, 1.807) is 20.0 Å². The van der Waals surface area contributed by atoms with Gasteiger partial charge in [-0.25, -0.2) is 0 Å². The Bertz CT molecular complexity index is 297. The molecule has 0 aliphatic heterocycles. The Morgan fingerprint density at radius 3 is 2.46 bits per heavy atom. The van der Waals surface area contributed by atoms with E-state index in [0.29, 0.717) is 12.1 Å². The highest BCUT2D eigenvalue weighted by atomic mass is 16.4. The molecule has 68 valence electrons. The lowest BCUT2D eigenvalue weighted by Crippen LogP contribution is -2.09. The minimum atomic E-state index is -0.767. The molecule has 1 rings (SSSR count). The number of carboxylic acid groups (broad SMARTS) is 1. The number of carbonyl (C=O) groups is 1. The van der Waals surface area contributed by atoms with Crippen LogP contribution in [0, 0.1) is 0 Å². The Morgan fingerprint density at radius 1 is 1.46 bits per heavy atom. The molecule has 0 fully saturated rings. The number of carboxylic acids is 1. The molecule has 3 nitrogen and oxygen atoms in total. The van der Waals surface area contributed by atoms with Gasteiger partial charge in [0.1, 0.15) is 7.85 Å². The van der Waals surface area contributed by atoms with Crippen molar-refractivity contribution in [2.24, 2.45) is 0 Å². The molecule has 0 radical (unpaired) electrons. The van der Waals surface area contributed by atoms with E-state index in [1.165, 1.54) is 0 Å². The highest BCUT2D eigenvalue weighted by Gasteiger charge is 2.10. The third kappa shape index (κ3) is 2.82. The van der Waals surface area contributed by atoms with Gasteiger partial charge < -0.3 is 10.8 Å². The first-order chi connectivity index (χ1) is 6.09. The van der Waals surface area contributed by atoms with E-state index in [2.05, 4.69) is 0 Å². The molecule has 0 heterocycles. The molecule has 0 aliphatic rings. The summed E-state index contributed by atoms with van der Waals surface area (Å²) in [5.74, 6) is -1.11. The van der Waals surface area contributed by atoms with Gasteiger partial charge in [-0.1, -0.05) is 12.1 Å². The van der Waals surface area contributed by atoms with Gasteiger partial charge in [-0.15, -0.1) is 0 Å². The van der Waals surface area contributed by atoms with Crippen molar-refractivity contribution in [3.8, 4) is 0 Å². The predicted molar refractivity (Wildman–Crippen MR) is 54.5 cm³/mol. The molecule has 0 saturated heterocycles. The number of benzene rings is 1. The molecule has 0 spiro atoms. The fourth-order valence-corrected chi connectivity index (χ4v) is 1.09. The number of anilines is 1. The fraction of sp³-hybridized carbons (Fsp3) is 0.222. The molecule has 0 amide bonds. The Balaban J connectivity index is 2.64. The lowest BCUT2D eigenvalue weighted by molar-refractivity contribution is -0.136. The van der Waals surface area contributed by atoms with E-state index >= 15 is 0 Å². The second-order valence-electron chi connectivity index (χ2n) is 3.18. The second kappa shape index (κ2) is 3.98. The maximum atomic E-state index is 10.5. The minimum absolute atomic E-state index is 0.344. The van der Waals surface area contributed by atoms with Crippen molar-refractivity contribution in [1.29, 1.82) is 0 Å². The van der Waals surface area contributed by atoms with Crippen LogP contribution in [0.25, 0.3) is 0 Å². The highest BCUT2D eigenvalue weighted by Crippen LogP contribution is 2.12. The average Bonchev–Trinajstić information content (AvgIpc) is 2.08. The number of hydrogen-bond donors (Lipinski definition) is 2. The van der Waals surface area contributed by atoms with Crippen LogP contribution in [0.3, 0.4) is 0 Å². The van der Waals surface area contributed by atoms with Crippen molar-refractivity contribution in [3.63, 3.8) is 0 Å². The molecule has 1 aromatic rings. The van der Waals surface area contributed by atoms with Crippen LogP contribution in [0.4, 0.5) is 5.69 Å². The quantitative estimate of drug-likeness (QED) is 0.516. The maximum absolute atomic E-state index is 10.5. The summed E-state index contributed by atoms with van der Waals surface area (Å²) < 4.78 is 0. The van der Waals surface area contributed by atoms with Crippen LogP contribution in [0.2, 0.25) is 5.82 Å². The molecule has 0 unspecified atom stereocenters. The van der Waals surface area contributed by atoms with Crippen molar-refractivity contribution in [3.05, 3.63) is 29.8 Å². The Kier molecular flexibility index (Phi) is 2.95. The van der Waals surface area contributed by atoms with Gasteiger partial charge in [-0.05, 0) is 24.1 Å². The van der Waals surface area contributed by atoms with Gasteiger partial charge in [0.15, 0.2) is 0 Å². The van der Waals surface area contributed by atoms with Gasteiger partial charge >= 0.3 is 0 Å². The van der Waals surface area contributed by atoms with Gasteiger partial charge in [-0.3, -0.25) is 4.79 Å². The van der Waals surface area contributed by atoms with Crippen molar-refractivity contribution >= 4 is 19.5 Å². The summed E-state index contributed by atoms with van der Waals surface area (Å²) in [5.41, 5.74) is 7.21. The van der Waals surface area contributed by atoms with Gasteiger partial charge in [-0.2, -0.15) is 0 Å². The van der Waals surface area contributed by atoms with Crippen molar-refractivity contribution in [2.75, 3.05) is 5.73 Å². The zero-order valence-corrected chi connectivity index (χ0v) is 7.53. The van der Waals surface area contributed by atoms with Crippen LogP contribution < -0.4 is 5.73 Å². The average molecular weight is 177 g/mol. The SMILES string of the molecule is B[C@H](Cc1ccc(N)cc1)C(=O)O. The van der Waals surface area contributed by atoms with E-state index in [1.807, 2.05) is 12.1 Å². The minimum Gasteiger partial charge on any atom is -0.482 e. The molecular formula is C9H12BNO2. The largest absolute Gasteiger partial charge is 0.482 e. The molecule has 3 N–H and O–H groups in total. The first kappa shape index (κ1) is 9.64. The van der Waals surface area contributed by atoms with Gasteiger partial charge in [0.05, 0.1) is 0 Å². The molecule has 0 saturated carbocycles. The Morgan fingerprint density at radius 2 is 2.00 bits per heavy atom. The van der Waals surface area contributed by atoms with Crippen LogP contribution in [0.1, 0.15) is 5.56 Å². The Labute approximate surface area is 78.0 Å². The molecule has 1 atom stereocenters. The van der Waals surface area contributed by atoms with E-state index in [0.717, 1.165) is 5.56 Å². The van der Waals surface area contributed by atoms with Gasteiger partial charge in [0.2, 0.25) is 0 Å². The molecule has 13 heavy (non-hydrogen) atoms. The van der Waals surface area contributed by atoms with E-state index in [9.17, 15) is 4.79 Å². The number of nitrogen functional groups attached to an aromatic ring is 1. The highest BCUT2D eigenvalue weighted by molar-refractivity contribution is 6.22. The zero-order chi connectivity index (χ0) is 9.84.